The van der Waals surface area contributed by atoms with Crippen molar-refractivity contribution < 1.29 is 0 Å². The maximum atomic E-state index is 4.41. The van der Waals surface area contributed by atoms with Crippen LogP contribution in [0.2, 0.25) is 0 Å². The van der Waals surface area contributed by atoms with E-state index in [1.807, 2.05) is 25.7 Å². The summed E-state index contributed by atoms with van der Waals surface area (Å²) in [4.78, 5) is 4.24. The van der Waals surface area contributed by atoms with Gasteiger partial charge in [0, 0.05) is 38.4 Å². The summed E-state index contributed by atoms with van der Waals surface area (Å²) in [6.45, 7) is 5.95. The van der Waals surface area contributed by atoms with E-state index in [4.69, 9.17) is 0 Å². The molecule has 0 atom stereocenters. The number of guanidine groups is 1. The fourth-order valence-corrected chi connectivity index (χ4v) is 2.03. The Morgan fingerprint density at radius 3 is 2.61 bits per heavy atom. The zero-order valence-electron chi connectivity index (χ0n) is 11.7. The maximum absolute atomic E-state index is 4.41. The first-order valence-electron chi connectivity index (χ1n) is 6.55. The summed E-state index contributed by atoms with van der Waals surface area (Å²) in [6.07, 6.45) is 2.70. The van der Waals surface area contributed by atoms with Crippen LogP contribution in [0, 0.1) is 19.8 Å². The lowest BCUT2D eigenvalue weighted by atomic mass is 10.2. The largest absolute Gasteiger partial charge is 0.356 e. The molecule has 5 heteroatoms. The van der Waals surface area contributed by atoms with E-state index in [0.717, 1.165) is 30.7 Å². The van der Waals surface area contributed by atoms with Crippen LogP contribution in [0.1, 0.15) is 29.8 Å². The zero-order valence-corrected chi connectivity index (χ0v) is 11.7. The maximum Gasteiger partial charge on any atom is 0.191 e. The molecule has 2 N–H and O–H groups in total. The van der Waals surface area contributed by atoms with Crippen molar-refractivity contribution in [3.8, 4) is 0 Å². The lowest BCUT2D eigenvalue weighted by Gasteiger charge is -2.11. The van der Waals surface area contributed by atoms with Gasteiger partial charge in [-0.3, -0.25) is 9.67 Å². The quantitative estimate of drug-likeness (QED) is 0.621. The van der Waals surface area contributed by atoms with Gasteiger partial charge in [-0.1, -0.05) is 0 Å². The average Bonchev–Trinajstić information content (AvgIpc) is 3.12. The number of aliphatic imine (C=N–C) groups is 1. The Morgan fingerprint density at radius 2 is 2.11 bits per heavy atom. The minimum Gasteiger partial charge on any atom is -0.356 e. The minimum atomic E-state index is 0.774. The highest BCUT2D eigenvalue weighted by atomic mass is 15.3. The summed E-state index contributed by atoms with van der Waals surface area (Å²) in [5.41, 5.74) is 3.55. The molecule has 0 saturated heterocycles. The molecule has 0 unspecified atom stereocenters. The number of rotatable bonds is 4. The Morgan fingerprint density at radius 1 is 1.39 bits per heavy atom. The van der Waals surface area contributed by atoms with Crippen LogP contribution < -0.4 is 10.6 Å². The predicted molar refractivity (Wildman–Crippen MR) is 73.6 cm³/mol. The van der Waals surface area contributed by atoms with Gasteiger partial charge in [-0.2, -0.15) is 5.10 Å². The number of nitrogens with zero attached hydrogens (tertiary/aromatic N) is 3. The number of hydrogen-bond acceptors (Lipinski definition) is 2. The first kappa shape index (κ1) is 12.9. The number of aryl methyl sites for hydroxylation is 2. The van der Waals surface area contributed by atoms with E-state index in [1.165, 1.54) is 24.1 Å². The Kier molecular flexibility index (Phi) is 3.89. The van der Waals surface area contributed by atoms with Crippen molar-refractivity contribution >= 4 is 5.96 Å². The van der Waals surface area contributed by atoms with E-state index in [-0.39, 0.29) is 0 Å². The molecular formula is C13H23N5. The molecule has 0 bridgehead atoms. The van der Waals surface area contributed by atoms with Gasteiger partial charge in [-0.15, -0.1) is 0 Å². The van der Waals surface area contributed by atoms with Crippen LogP contribution in [0.4, 0.5) is 0 Å². The van der Waals surface area contributed by atoms with Gasteiger partial charge in [-0.05, 0) is 32.6 Å². The number of hydrogen-bond donors (Lipinski definition) is 2. The number of aromatic nitrogens is 2. The summed E-state index contributed by atoms with van der Waals surface area (Å²) >= 11 is 0. The average molecular weight is 249 g/mol. The van der Waals surface area contributed by atoms with Crippen molar-refractivity contribution in [3.05, 3.63) is 17.0 Å². The van der Waals surface area contributed by atoms with Crippen LogP contribution in [0.5, 0.6) is 0 Å². The van der Waals surface area contributed by atoms with Crippen molar-refractivity contribution in [2.75, 3.05) is 13.6 Å². The van der Waals surface area contributed by atoms with Gasteiger partial charge >= 0.3 is 0 Å². The van der Waals surface area contributed by atoms with E-state index >= 15 is 0 Å². The third-order valence-electron chi connectivity index (χ3n) is 3.57. The summed E-state index contributed by atoms with van der Waals surface area (Å²) in [5.74, 6) is 1.73. The Balaban J connectivity index is 1.88. The topological polar surface area (TPSA) is 54.2 Å². The molecule has 0 spiro atoms. The zero-order chi connectivity index (χ0) is 13.1. The second-order valence-electron chi connectivity index (χ2n) is 5.02. The first-order valence-corrected chi connectivity index (χ1v) is 6.55. The smallest absolute Gasteiger partial charge is 0.191 e. The van der Waals surface area contributed by atoms with Crippen molar-refractivity contribution in [1.29, 1.82) is 0 Å². The second kappa shape index (κ2) is 5.42. The van der Waals surface area contributed by atoms with Gasteiger partial charge in [0.15, 0.2) is 5.96 Å². The van der Waals surface area contributed by atoms with Gasteiger partial charge in [0.05, 0.1) is 5.69 Å². The third kappa shape index (κ3) is 3.03. The summed E-state index contributed by atoms with van der Waals surface area (Å²) < 4.78 is 1.92. The van der Waals surface area contributed by atoms with Crippen molar-refractivity contribution in [1.82, 2.24) is 20.4 Å². The molecule has 1 heterocycles. The highest BCUT2D eigenvalue weighted by Crippen LogP contribution is 2.27. The van der Waals surface area contributed by atoms with Gasteiger partial charge < -0.3 is 10.6 Å². The van der Waals surface area contributed by atoms with Gasteiger partial charge in [0.25, 0.3) is 0 Å². The molecule has 0 amide bonds. The fraction of sp³-hybridized carbons (Fsp3) is 0.692. The molecule has 0 aliphatic heterocycles. The molecule has 1 fully saturated rings. The molecule has 18 heavy (non-hydrogen) atoms. The molecule has 0 aromatic carbocycles. The Hall–Kier alpha value is -1.52. The SMILES string of the molecule is CN=C(NCc1c(C)nn(C)c1C)NCC1CC1. The Bertz CT molecular complexity index is 442. The van der Waals surface area contributed by atoms with Gasteiger partial charge in [0.2, 0.25) is 0 Å². The van der Waals surface area contributed by atoms with Crippen LogP contribution >= 0.6 is 0 Å². The summed E-state index contributed by atoms with van der Waals surface area (Å²) in [7, 11) is 3.79. The molecule has 1 aromatic rings. The van der Waals surface area contributed by atoms with Crippen LogP contribution in [-0.4, -0.2) is 29.3 Å². The predicted octanol–water partition coefficient (Wildman–Crippen LogP) is 1.11. The number of nitrogens with one attached hydrogen (secondary N) is 2. The van der Waals surface area contributed by atoms with Crippen molar-refractivity contribution in [2.24, 2.45) is 18.0 Å². The van der Waals surface area contributed by atoms with E-state index in [9.17, 15) is 0 Å². The van der Waals surface area contributed by atoms with Gasteiger partial charge in [0.1, 0.15) is 0 Å². The first-order chi connectivity index (χ1) is 8.61. The highest BCUT2D eigenvalue weighted by molar-refractivity contribution is 5.79. The van der Waals surface area contributed by atoms with E-state index in [0.29, 0.717) is 0 Å². The minimum absolute atomic E-state index is 0.774. The standard InChI is InChI=1S/C13H23N5/c1-9-12(10(2)18(4)17-9)8-16-13(14-3)15-7-11-5-6-11/h11H,5-8H2,1-4H3,(H2,14,15,16). The second-order valence-corrected chi connectivity index (χ2v) is 5.02. The molecule has 1 saturated carbocycles. The molecule has 1 aliphatic rings. The van der Waals surface area contributed by atoms with Crippen LogP contribution in [0.25, 0.3) is 0 Å². The molecule has 1 aromatic heterocycles. The fourth-order valence-electron chi connectivity index (χ4n) is 2.03. The normalized spacial score (nSPS) is 15.9. The summed E-state index contributed by atoms with van der Waals surface area (Å²) in [6, 6.07) is 0. The molecular weight excluding hydrogens is 226 g/mol. The van der Waals surface area contributed by atoms with E-state index in [1.54, 1.807) is 0 Å². The van der Waals surface area contributed by atoms with Gasteiger partial charge in [-0.25, -0.2) is 0 Å². The van der Waals surface area contributed by atoms with Crippen LogP contribution in [-0.2, 0) is 13.6 Å². The van der Waals surface area contributed by atoms with E-state index in [2.05, 4.69) is 27.6 Å². The lowest BCUT2D eigenvalue weighted by Crippen LogP contribution is -2.38. The molecule has 1 aliphatic carbocycles. The Labute approximate surface area is 109 Å². The highest BCUT2D eigenvalue weighted by Gasteiger charge is 2.21. The van der Waals surface area contributed by atoms with E-state index < -0.39 is 0 Å². The lowest BCUT2D eigenvalue weighted by molar-refractivity contribution is 0.725. The molecule has 0 radical (unpaired) electrons. The van der Waals surface area contributed by atoms with Crippen molar-refractivity contribution in [2.45, 2.75) is 33.2 Å². The third-order valence-corrected chi connectivity index (χ3v) is 3.57. The molecule has 2 rings (SSSR count). The van der Waals surface area contributed by atoms with Crippen molar-refractivity contribution in [3.63, 3.8) is 0 Å². The molecule has 5 nitrogen and oxygen atoms in total. The molecule has 100 valence electrons. The summed E-state index contributed by atoms with van der Waals surface area (Å²) in [5, 5.41) is 11.1. The van der Waals surface area contributed by atoms with Crippen LogP contribution in [0.15, 0.2) is 4.99 Å². The van der Waals surface area contributed by atoms with Crippen LogP contribution in [0.3, 0.4) is 0 Å². The monoisotopic (exact) mass is 249 g/mol.